The number of allylic oxidation sites excluding steroid dienone is 2. The van der Waals surface area contributed by atoms with Crippen LogP contribution in [0.4, 0.5) is 0 Å². The van der Waals surface area contributed by atoms with E-state index < -0.39 is 0 Å². The summed E-state index contributed by atoms with van der Waals surface area (Å²) in [7, 11) is 0. The average molecular weight is 314 g/mol. The third-order valence-electron chi connectivity index (χ3n) is 5.54. The molecular formula is C21H30O2. The van der Waals surface area contributed by atoms with Crippen molar-refractivity contribution >= 4 is 0 Å². The van der Waals surface area contributed by atoms with Crippen molar-refractivity contribution in [1.82, 2.24) is 0 Å². The van der Waals surface area contributed by atoms with Crippen molar-refractivity contribution in [2.75, 3.05) is 0 Å². The number of rotatable bonds is 5. The first kappa shape index (κ1) is 16.4. The molecule has 2 aliphatic rings. The summed E-state index contributed by atoms with van der Waals surface area (Å²) in [5.74, 6) is 2.04. The molecule has 1 aromatic rings. The number of ether oxygens (including phenoxy) is 1. The lowest BCUT2D eigenvalue weighted by Gasteiger charge is -2.42. The largest absolute Gasteiger partial charge is 0.507 e. The number of hydrogen-bond donors (Lipinski definition) is 1. The normalized spacial score (nSPS) is 24.6. The van der Waals surface area contributed by atoms with E-state index in [-0.39, 0.29) is 5.60 Å². The highest BCUT2D eigenvalue weighted by Gasteiger charge is 2.46. The van der Waals surface area contributed by atoms with Gasteiger partial charge in [0.2, 0.25) is 0 Å². The lowest BCUT2D eigenvalue weighted by Crippen LogP contribution is -2.42. The second kappa shape index (κ2) is 6.22. The topological polar surface area (TPSA) is 29.5 Å². The fraction of sp³-hybridized carbons (Fsp3) is 0.619. The maximum absolute atomic E-state index is 10.6. The number of fused-ring (bicyclic) bond motifs is 3. The lowest BCUT2D eigenvalue weighted by atomic mass is 9.75. The molecule has 0 saturated heterocycles. The first-order valence-corrected chi connectivity index (χ1v) is 9.14. The molecule has 23 heavy (non-hydrogen) atoms. The summed E-state index contributed by atoms with van der Waals surface area (Å²) < 4.78 is 6.34. The summed E-state index contributed by atoms with van der Waals surface area (Å²) in [6.07, 6.45) is 9.39. The van der Waals surface area contributed by atoms with E-state index in [0.717, 1.165) is 24.2 Å². The van der Waals surface area contributed by atoms with E-state index in [1.165, 1.54) is 36.8 Å². The van der Waals surface area contributed by atoms with Crippen molar-refractivity contribution in [3.63, 3.8) is 0 Å². The van der Waals surface area contributed by atoms with Gasteiger partial charge in [0.05, 0.1) is 0 Å². The molecule has 1 N–H and O–H groups in total. The van der Waals surface area contributed by atoms with E-state index in [4.69, 9.17) is 4.74 Å². The van der Waals surface area contributed by atoms with Gasteiger partial charge in [0.15, 0.2) is 0 Å². The van der Waals surface area contributed by atoms with Crippen molar-refractivity contribution in [3.05, 3.63) is 34.9 Å². The van der Waals surface area contributed by atoms with Crippen molar-refractivity contribution in [2.24, 2.45) is 5.92 Å². The zero-order chi connectivity index (χ0) is 16.6. The van der Waals surface area contributed by atoms with Crippen LogP contribution in [0.25, 0.3) is 0 Å². The van der Waals surface area contributed by atoms with Gasteiger partial charge in [-0.05, 0) is 57.7 Å². The molecule has 0 spiro atoms. The number of unbranched alkanes of at least 4 members (excludes halogenated alkanes) is 3. The summed E-state index contributed by atoms with van der Waals surface area (Å²) in [5, 5.41) is 10.6. The molecule has 0 aromatic heterocycles. The van der Waals surface area contributed by atoms with Gasteiger partial charge in [-0.3, -0.25) is 0 Å². The van der Waals surface area contributed by atoms with Gasteiger partial charge in [-0.1, -0.05) is 37.8 Å². The van der Waals surface area contributed by atoms with E-state index in [9.17, 15) is 5.11 Å². The minimum atomic E-state index is -0.181. The van der Waals surface area contributed by atoms with Gasteiger partial charge >= 0.3 is 0 Å². The van der Waals surface area contributed by atoms with E-state index in [1.54, 1.807) is 0 Å². The molecule has 2 atom stereocenters. The fourth-order valence-corrected chi connectivity index (χ4v) is 4.27. The smallest absolute Gasteiger partial charge is 0.127 e. The number of aromatic hydroxyl groups is 1. The van der Waals surface area contributed by atoms with Gasteiger partial charge in [0, 0.05) is 17.4 Å². The Labute approximate surface area is 140 Å². The molecule has 2 nitrogen and oxygen atoms in total. The van der Waals surface area contributed by atoms with Gasteiger partial charge in [-0.2, -0.15) is 0 Å². The van der Waals surface area contributed by atoms with E-state index in [0.29, 0.717) is 17.6 Å². The molecule has 0 amide bonds. The van der Waals surface area contributed by atoms with Crippen LogP contribution >= 0.6 is 0 Å². The summed E-state index contributed by atoms with van der Waals surface area (Å²) in [6.45, 7) is 8.79. The zero-order valence-electron chi connectivity index (χ0n) is 15.0. The predicted octanol–water partition coefficient (Wildman–Crippen LogP) is 5.74. The minimum absolute atomic E-state index is 0.181. The van der Waals surface area contributed by atoms with Gasteiger partial charge in [-0.25, -0.2) is 0 Å². The molecule has 1 heterocycles. The molecule has 2 unspecified atom stereocenters. The maximum atomic E-state index is 10.6. The SMILES string of the molecule is CCCCCCc1cc(O)c2c(c1)OC(C)(C)C1CC(C)=CC21. The molecule has 2 heteroatoms. The number of aryl methyl sites for hydroxylation is 1. The summed E-state index contributed by atoms with van der Waals surface area (Å²) >= 11 is 0. The zero-order valence-corrected chi connectivity index (χ0v) is 15.0. The second-order valence-corrected chi connectivity index (χ2v) is 7.89. The Bertz CT molecular complexity index is 613. The summed E-state index contributed by atoms with van der Waals surface area (Å²) in [5.41, 5.74) is 3.43. The van der Waals surface area contributed by atoms with Crippen molar-refractivity contribution in [2.45, 2.75) is 77.7 Å². The minimum Gasteiger partial charge on any atom is -0.507 e. The number of phenolic OH excluding ortho intramolecular Hbond substituents is 1. The molecule has 126 valence electrons. The van der Waals surface area contributed by atoms with Crippen molar-refractivity contribution in [3.8, 4) is 11.5 Å². The molecule has 0 saturated carbocycles. The molecule has 1 aromatic carbocycles. The monoisotopic (exact) mass is 314 g/mol. The maximum Gasteiger partial charge on any atom is 0.127 e. The predicted molar refractivity (Wildman–Crippen MR) is 95.3 cm³/mol. The van der Waals surface area contributed by atoms with E-state index >= 15 is 0 Å². The van der Waals surface area contributed by atoms with Crippen LogP contribution in [0.15, 0.2) is 23.8 Å². The van der Waals surface area contributed by atoms with Gasteiger partial charge < -0.3 is 9.84 Å². The first-order valence-electron chi connectivity index (χ1n) is 9.14. The van der Waals surface area contributed by atoms with Crippen molar-refractivity contribution in [1.29, 1.82) is 0 Å². The summed E-state index contributed by atoms with van der Waals surface area (Å²) in [6, 6.07) is 4.13. The number of phenols is 1. The highest BCUT2D eigenvalue weighted by atomic mass is 16.5. The molecule has 0 fully saturated rings. The van der Waals surface area contributed by atoms with Crippen LogP contribution in [0, 0.1) is 5.92 Å². The van der Waals surface area contributed by atoms with Crippen LogP contribution < -0.4 is 4.74 Å². The van der Waals surface area contributed by atoms with Crippen LogP contribution in [0.1, 0.15) is 76.8 Å². The first-order chi connectivity index (χ1) is 10.9. The standard InChI is InChI=1S/C21H30O2/c1-5-6-7-8-9-15-12-18(22)20-16-10-14(2)11-17(16)21(3,4)23-19(20)13-15/h10,12-13,16-17,22H,5-9,11H2,1-4H3. The molecule has 1 aliphatic carbocycles. The highest BCUT2D eigenvalue weighted by molar-refractivity contribution is 5.54. The van der Waals surface area contributed by atoms with Gasteiger partial charge in [0.1, 0.15) is 17.1 Å². The molecule has 0 radical (unpaired) electrons. The van der Waals surface area contributed by atoms with Crippen LogP contribution in [0.5, 0.6) is 11.5 Å². The Hall–Kier alpha value is -1.44. The van der Waals surface area contributed by atoms with E-state index in [1.807, 2.05) is 6.07 Å². The Morgan fingerprint density at radius 2 is 2.00 bits per heavy atom. The van der Waals surface area contributed by atoms with Crippen LogP contribution in [-0.4, -0.2) is 10.7 Å². The van der Waals surface area contributed by atoms with Crippen molar-refractivity contribution < 1.29 is 9.84 Å². The van der Waals surface area contributed by atoms with Crippen LogP contribution in [-0.2, 0) is 6.42 Å². The average Bonchev–Trinajstić information content (AvgIpc) is 2.85. The quantitative estimate of drug-likeness (QED) is 0.555. The van der Waals surface area contributed by atoms with E-state index in [2.05, 4.69) is 39.8 Å². The Morgan fingerprint density at radius 1 is 1.22 bits per heavy atom. The fourth-order valence-electron chi connectivity index (χ4n) is 4.27. The molecule has 0 bridgehead atoms. The third-order valence-corrected chi connectivity index (χ3v) is 5.54. The summed E-state index contributed by atoms with van der Waals surface area (Å²) in [4.78, 5) is 0. The molecular weight excluding hydrogens is 284 g/mol. The highest BCUT2D eigenvalue weighted by Crippen LogP contribution is 2.54. The van der Waals surface area contributed by atoms with Gasteiger partial charge in [0.25, 0.3) is 0 Å². The molecule has 3 rings (SSSR count). The van der Waals surface area contributed by atoms with Crippen LogP contribution in [0.3, 0.4) is 0 Å². The number of benzene rings is 1. The van der Waals surface area contributed by atoms with Gasteiger partial charge in [-0.15, -0.1) is 0 Å². The Balaban J connectivity index is 1.88. The Morgan fingerprint density at radius 3 is 2.74 bits per heavy atom. The second-order valence-electron chi connectivity index (χ2n) is 7.89. The number of hydrogen-bond acceptors (Lipinski definition) is 2. The Kier molecular flexibility index (Phi) is 4.44. The van der Waals surface area contributed by atoms with Crippen LogP contribution in [0.2, 0.25) is 0 Å². The molecule has 1 aliphatic heterocycles. The lowest BCUT2D eigenvalue weighted by molar-refractivity contribution is 0.0224. The third kappa shape index (κ3) is 3.13.